The molecule has 1 N–H and O–H groups in total. The zero-order valence-electron chi connectivity index (χ0n) is 18.4. The van der Waals surface area contributed by atoms with Gasteiger partial charge in [0.05, 0.1) is 10.9 Å². The molecule has 0 aliphatic carbocycles. The number of rotatable bonds is 6. The topological polar surface area (TPSA) is 86.8 Å². The minimum absolute atomic E-state index is 0.112. The van der Waals surface area contributed by atoms with Crippen LogP contribution in [0, 0.1) is 13.8 Å². The van der Waals surface area contributed by atoms with E-state index in [9.17, 15) is 18.0 Å². The number of benzene rings is 2. The smallest absolute Gasteiger partial charge is 0.243 e. The van der Waals surface area contributed by atoms with Gasteiger partial charge in [-0.25, -0.2) is 8.42 Å². The number of carbonyl (C=O) groups is 2. The molecule has 1 fully saturated rings. The number of piperazine rings is 1. The Hall–Kier alpha value is -2.55. The summed E-state index contributed by atoms with van der Waals surface area (Å²) in [4.78, 5) is 26.5. The van der Waals surface area contributed by atoms with Gasteiger partial charge in [-0.15, -0.1) is 0 Å². The molecule has 1 saturated heterocycles. The van der Waals surface area contributed by atoms with Crippen LogP contribution in [0.25, 0.3) is 0 Å². The third-order valence-corrected chi connectivity index (χ3v) is 7.62. The van der Waals surface area contributed by atoms with Gasteiger partial charge < -0.3 is 5.32 Å². The summed E-state index contributed by atoms with van der Waals surface area (Å²) < 4.78 is 27.4. The molecule has 1 unspecified atom stereocenters. The molecule has 8 heteroatoms. The van der Waals surface area contributed by atoms with Crippen molar-refractivity contribution in [3.05, 3.63) is 59.2 Å². The lowest BCUT2D eigenvalue weighted by Gasteiger charge is -2.36. The molecular formula is C23H29N3O4S. The first-order valence-corrected chi connectivity index (χ1v) is 11.8. The Morgan fingerprint density at radius 3 is 2.32 bits per heavy atom. The van der Waals surface area contributed by atoms with E-state index in [1.165, 1.54) is 23.4 Å². The number of ketones is 1. The molecule has 2 aromatic rings. The zero-order valence-corrected chi connectivity index (χ0v) is 19.2. The minimum atomic E-state index is -3.69. The van der Waals surface area contributed by atoms with Crippen LogP contribution >= 0.6 is 0 Å². The standard InChI is InChI=1S/C23H29N3O4S/c1-16-8-9-17(2)22(14-16)24-23(28)18(3)25-10-12-26(13-11-25)31(29,30)21-7-5-6-20(15-21)19(4)27/h5-9,14-15,18H,10-13H2,1-4H3,(H,24,28). The van der Waals surface area contributed by atoms with Crippen molar-refractivity contribution in [2.45, 2.75) is 38.6 Å². The van der Waals surface area contributed by atoms with Crippen LogP contribution in [0.3, 0.4) is 0 Å². The van der Waals surface area contributed by atoms with E-state index in [0.29, 0.717) is 18.7 Å². The van der Waals surface area contributed by atoms with Crippen LogP contribution in [0.15, 0.2) is 47.4 Å². The van der Waals surface area contributed by atoms with Crippen LogP contribution in [0.4, 0.5) is 5.69 Å². The van der Waals surface area contributed by atoms with Crippen molar-refractivity contribution in [3.8, 4) is 0 Å². The largest absolute Gasteiger partial charge is 0.324 e. The lowest BCUT2D eigenvalue weighted by Crippen LogP contribution is -2.53. The minimum Gasteiger partial charge on any atom is -0.324 e. The van der Waals surface area contributed by atoms with Crippen LogP contribution in [0.2, 0.25) is 0 Å². The highest BCUT2D eigenvalue weighted by molar-refractivity contribution is 7.89. The molecule has 1 aliphatic rings. The quantitative estimate of drug-likeness (QED) is 0.694. The average Bonchev–Trinajstić information content (AvgIpc) is 2.75. The molecular weight excluding hydrogens is 414 g/mol. The van der Waals surface area contributed by atoms with E-state index in [-0.39, 0.29) is 35.7 Å². The lowest BCUT2D eigenvalue weighted by atomic mass is 10.1. The fourth-order valence-corrected chi connectivity index (χ4v) is 5.10. The first-order chi connectivity index (χ1) is 14.6. The van der Waals surface area contributed by atoms with Gasteiger partial charge in [-0.1, -0.05) is 24.3 Å². The van der Waals surface area contributed by atoms with Crippen molar-refractivity contribution < 1.29 is 18.0 Å². The number of sulfonamides is 1. The van der Waals surface area contributed by atoms with E-state index in [1.54, 1.807) is 12.1 Å². The van der Waals surface area contributed by atoms with Gasteiger partial charge >= 0.3 is 0 Å². The van der Waals surface area contributed by atoms with Crippen molar-refractivity contribution in [2.24, 2.45) is 0 Å². The highest BCUT2D eigenvalue weighted by Gasteiger charge is 2.32. The molecule has 0 saturated carbocycles. The monoisotopic (exact) mass is 443 g/mol. The number of anilines is 1. The maximum absolute atomic E-state index is 13.0. The SMILES string of the molecule is CC(=O)c1cccc(S(=O)(=O)N2CCN(C(C)C(=O)Nc3cc(C)ccc3C)CC2)c1. The van der Waals surface area contributed by atoms with Crippen molar-refractivity contribution >= 4 is 27.4 Å². The average molecular weight is 444 g/mol. The number of hydrogen-bond acceptors (Lipinski definition) is 5. The molecule has 7 nitrogen and oxygen atoms in total. The van der Waals surface area contributed by atoms with E-state index in [4.69, 9.17) is 0 Å². The summed E-state index contributed by atoms with van der Waals surface area (Å²) in [5.41, 5.74) is 3.23. The van der Waals surface area contributed by atoms with Gasteiger partial charge in [-0.05, 0) is 57.0 Å². The third kappa shape index (κ3) is 5.20. The number of hydrogen-bond donors (Lipinski definition) is 1. The predicted molar refractivity (Wildman–Crippen MR) is 121 cm³/mol. The van der Waals surface area contributed by atoms with Crippen LogP contribution in [0.1, 0.15) is 35.3 Å². The molecule has 2 aromatic carbocycles. The van der Waals surface area contributed by atoms with Crippen LogP contribution < -0.4 is 5.32 Å². The maximum atomic E-state index is 13.0. The van der Waals surface area contributed by atoms with E-state index in [0.717, 1.165) is 16.8 Å². The number of nitrogens with one attached hydrogen (secondary N) is 1. The number of nitrogens with zero attached hydrogens (tertiary/aromatic N) is 2. The molecule has 0 bridgehead atoms. The Morgan fingerprint density at radius 2 is 1.68 bits per heavy atom. The summed E-state index contributed by atoms with van der Waals surface area (Å²) in [6.07, 6.45) is 0. The number of Topliss-reactive ketones (excluding diaryl/α,β-unsaturated/α-hetero) is 1. The van der Waals surface area contributed by atoms with E-state index in [2.05, 4.69) is 5.32 Å². The van der Waals surface area contributed by atoms with Crippen molar-refractivity contribution in [1.82, 2.24) is 9.21 Å². The number of amides is 1. The van der Waals surface area contributed by atoms with E-state index in [1.807, 2.05) is 43.9 Å². The zero-order chi connectivity index (χ0) is 22.8. The fourth-order valence-electron chi connectivity index (χ4n) is 3.63. The second-order valence-corrected chi connectivity index (χ2v) is 9.95. The van der Waals surface area contributed by atoms with Gasteiger partial charge in [-0.2, -0.15) is 4.31 Å². The molecule has 1 atom stereocenters. The molecule has 3 rings (SSSR count). The first kappa shape index (κ1) is 23.1. The molecule has 1 aliphatic heterocycles. The lowest BCUT2D eigenvalue weighted by molar-refractivity contribution is -0.121. The Morgan fingerprint density at radius 1 is 1.00 bits per heavy atom. The van der Waals surface area contributed by atoms with Crippen LogP contribution in [-0.4, -0.2) is 61.5 Å². The van der Waals surface area contributed by atoms with Crippen molar-refractivity contribution in [3.63, 3.8) is 0 Å². The van der Waals surface area contributed by atoms with Crippen molar-refractivity contribution in [2.75, 3.05) is 31.5 Å². The Labute approximate surface area is 184 Å². The second kappa shape index (κ2) is 9.30. The molecule has 166 valence electrons. The second-order valence-electron chi connectivity index (χ2n) is 8.01. The molecule has 1 amide bonds. The van der Waals surface area contributed by atoms with Crippen LogP contribution in [-0.2, 0) is 14.8 Å². The molecule has 1 heterocycles. The summed E-state index contributed by atoms with van der Waals surface area (Å²) in [6.45, 7) is 8.65. The summed E-state index contributed by atoms with van der Waals surface area (Å²) in [6, 6.07) is 11.7. The van der Waals surface area contributed by atoms with Gasteiger partial charge in [0.15, 0.2) is 5.78 Å². The third-order valence-electron chi connectivity index (χ3n) is 5.73. The summed E-state index contributed by atoms with van der Waals surface area (Å²) in [5, 5.41) is 2.99. The first-order valence-electron chi connectivity index (χ1n) is 10.3. The van der Waals surface area contributed by atoms with Crippen LogP contribution in [0.5, 0.6) is 0 Å². The Balaban J connectivity index is 1.64. The number of aryl methyl sites for hydroxylation is 2. The summed E-state index contributed by atoms with van der Waals surface area (Å²) in [7, 11) is -3.69. The van der Waals surface area contributed by atoms with Gasteiger partial charge in [0.1, 0.15) is 0 Å². The highest BCUT2D eigenvalue weighted by atomic mass is 32.2. The summed E-state index contributed by atoms with van der Waals surface area (Å²) in [5.74, 6) is -0.287. The Bertz CT molecular complexity index is 1090. The maximum Gasteiger partial charge on any atom is 0.243 e. The number of carbonyl (C=O) groups excluding carboxylic acids is 2. The van der Waals surface area contributed by atoms with E-state index >= 15 is 0 Å². The molecule has 0 aromatic heterocycles. The summed E-state index contributed by atoms with van der Waals surface area (Å²) >= 11 is 0. The Kier molecular flexibility index (Phi) is 6.93. The normalized spacial score (nSPS) is 16.6. The predicted octanol–water partition coefficient (Wildman–Crippen LogP) is 2.84. The fraction of sp³-hybridized carbons (Fsp3) is 0.391. The highest BCUT2D eigenvalue weighted by Crippen LogP contribution is 2.21. The van der Waals surface area contributed by atoms with Gasteiger partial charge in [-0.3, -0.25) is 14.5 Å². The van der Waals surface area contributed by atoms with Crippen molar-refractivity contribution in [1.29, 1.82) is 0 Å². The molecule has 31 heavy (non-hydrogen) atoms. The van der Waals surface area contributed by atoms with Gasteiger partial charge in [0, 0.05) is 37.4 Å². The van der Waals surface area contributed by atoms with Gasteiger partial charge in [0.25, 0.3) is 0 Å². The molecule has 0 radical (unpaired) electrons. The van der Waals surface area contributed by atoms with Gasteiger partial charge in [0.2, 0.25) is 15.9 Å². The van der Waals surface area contributed by atoms with E-state index < -0.39 is 10.0 Å². The molecule has 0 spiro atoms.